The van der Waals surface area contributed by atoms with Gasteiger partial charge in [-0.1, -0.05) is 43.3 Å². The number of halogens is 1. The maximum Gasteiger partial charge on any atom is 0.242 e. The molecule has 0 aliphatic rings. The van der Waals surface area contributed by atoms with Crippen LogP contribution in [-0.4, -0.2) is 20.7 Å². The van der Waals surface area contributed by atoms with Gasteiger partial charge < -0.3 is 5.32 Å². The zero-order chi connectivity index (χ0) is 22.8. The molecule has 0 atom stereocenters. The minimum atomic E-state index is -0.307. The molecule has 0 aliphatic carbocycles. The van der Waals surface area contributed by atoms with E-state index in [4.69, 9.17) is 5.10 Å². The topological polar surface area (TPSA) is 59.8 Å². The van der Waals surface area contributed by atoms with Crippen molar-refractivity contribution in [2.24, 2.45) is 0 Å². The lowest BCUT2D eigenvalue weighted by Crippen LogP contribution is -2.27. The van der Waals surface area contributed by atoms with Gasteiger partial charge in [-0.15, -0.1) is 0 Å². The third-order valence-corrected chi connectivity index (χ3v) is 5.79. The molecule has 0 radical (unpaired) electrons. The summed E-state index contributed by atoms with van der Waals surface area (Å²) in [6.07, 6.45) is 2.68. The number of benzene rings is 3. The fourth-order valence-corrected chi connectivity index (χ4v) is 4.05. The molecular weight excluding hydrogens is 415 g/mol. The van der Waals surface area contributed by atoms with E-state index >= 15 is 0 Å². The molecule has 3 aromatic carbocycles. The van der Waals surface area contributed by atoms with Gasteiger partial charge >= 0.3 is 0 Å². The highest BCUT2D eigenvalue weighted by atomic mass is 19.1. The van der Waals surface area contributed by atoms with Gasteiger partial charge in [0.25, 0.3) is 0 Å². The molecular formula is C27H23FN4O. The first kappa shape index (κ1) is 20.8. The molecule has 5 nitrogen and oxygen atoms in total. The minimum Gasteiger partial charge on any atom is -0.350 e. The number of hydrogen-bond acceptors (Lipinski definition) is 3. The number of rotatable bonds is 6. The van der Waals surface area contributed by atoms with E-state index in [1.54, 1.807) is 23.0 Å². The van der Waals surface area contributed by atoms with Gasteiger partial charge in [0.05, 0.1) is 11.0 Å². The fourth-order valence-electron chi connectivity index (χ4n) is 4.05. The largest absolute Gasteiger partial charge is 0.350 e. The third kappa shape index (κ3) is 4.20. The normalized spacial score (nSPS) is 11.2. The molecule has 2 aromatic heterocycles. The van der Waals surface area contributed by atoms with Crippen molar-refractivity contribution in [2.75, 3.05) is 0 Å². The first-order valence-corrected chi connectivity index (χ1v) is 11.0. The van der Waals surface area contributed by atoms with Crippen LogP contribution < -0.4 is 5.32 Å². The van der Waals surface area contributed by atoms with Crippen molar-refractivity contribution in [3.8, 4) is 11.3 Å². The van der Waals surface area contributed by atoms with Crippen molar-refractivity contribution in [1.82, 2.24) is 20.1 Å². The van der Waals surface area contributed by atoms with Gasteiger partial charge in [-0.05, 0) is 53.9 Å². The van der Waals surface area contributed by atoms with Crippen molar-refractivity contribution in [3.63, 3.8) is 0 Å². The van der Waals surface area contributed by atoms with E-state index in [1.807, 2.05) is 36.4 Å². The molecule has 33 heavy (non-hydrogen) atoms. The molecule has 2 heterocycles. The average molecular weight is 439 g/mol. The van der Waals surface area contributed by atoms with Gasteiger partial charge in [0.1, 0.15) is 18.1 Å². The molecule has 5 aromatic rings. The highest BCUT2D eigenvalue weighted by Crippen LogP contribution is 2.32. The van der Waals surface area contributed by atoms with Gasteiger partial charge in [0, 0.05) is 29.1 Å². The van der Waals surface area contributed by atoms with E-state index in [0.717, 1.165) is 39.4 Å². The van der Waals surface area contributed by atoms with Crippen LogP contribution in [-0.2, 0) is 24.3 Å². The van der Waals surface area contributed by atoms with E-state index < -0.39 is 0 Å². The van der Waals surface area contributed by atoms with Crippen molar-refractivity contribution in [2.45, 2.75) is 26.4 Å². The highest BCUT2D eigenvalue weighted by molar-refractivity contribution is 6.08. The summed E-state index contributed by atoms with van der Waals surface area (Å²) in [6.45, 7) is 2.62. The predicted octanol–water partition coefficient (Wildman–Crippen LogP) is 5.27. The van der Waals surface area contributed by atoms with E-state index in [0.29, 0.717) is 12.2 Å². The molecule has 5 rings (SSSR count). The Morgan fingerprint density at radius 1 is 0.970 bits per heavy atom. The lowest BCUT2D eigenvalue weighted by atomic mass is 10.0. The zero-order valence-electron chi connectivity index (χ0n) is 18.3. The predicted molar refractivity (Wildman–Crippen MR) is 128 cm³/mol. The summed E-state index contributed by atoms with van der Waals surface area (Å²) in [6, 6.07) is 22.2. The van der Waals surface area contributed by atoms with E-state index in [1.165, 1.54) is 17.7 Å². The van der Waals surface area contributed by atoms with Crippen LogP contribution in [0.5, 0.6) is 0 Å². The van der Waals surface area contributed by atoms with Gasteiger partial charge in [-0.3, -0.25) is 14.5 Å². The van der Waals surface area contributed by atoms with Crippen LogP contribution in [0.15, 0.2) is 79.0 Å². The second kappa shape index (κ2) is 8.82. The Morgan fingerprint density at radius 2 is 1.76 bits per heavy atom. The van der Waals surface area contributed by atoms with E-state index in [9.17, 15) is 9.18 Å². The molecule has 164 valence electrons. The summed E-state index contributed by atoms with van der Waals surface area (Å²) >= 11 is 0. The summed E-state index contributed by atoms with van der Waals surface area (Å²) in [7, 11) is 0. The van der Waals surface area contributed by atoms with Gasteiger partial charge in [-0.2, -0.15) is 5.10 Å². The van der Waals surface area contributed by atoms with Crippen LogP contribution in [0.25, 0.3) is 33.1 Å². The Bertz CT molecular complexity index is 1440. The molecule has 0 saturated heterocycles. The number of hydrogen-bond donors (Lipinski definition) is 1. The average Bonchev–Trinajstić information content (AvgIpc) is 3.22. The molecule has 0 spiro atoms. The number of amides is 1. The molecule has 0 bridgehead atoms. The second-order valence-corrected chi connectivity index (χ2v) is 8.00. The maximum absolute atomic E-state index is 13.5. The van der Waals surface area contributed by atoms with Crippen molar-refractivity contribution >= 4 is 27.7 Å². The fraction of sp³-hybridized carbons (Fsp3) is 0.148. The monoisotopic (exact) mass is 438 g/mol. The summed E-state index contributed by atoms with van der Waals surface area (Å²) in [5.41, 5.74) is 5.36. The summed E-state index contributed by atoms with van der Waals surface area (Å²) < 4.78 is 15.3. The van der Waals surface area contributed by atoms with Crippen LogP contribution in [0, 0.1) is 5.82 Å². The SMILES string of the molecule is CCc1ccc2ncc3c(-c4ccc(F)cc4)nn(CC(=O)NCc4ccccc4)c3c2c1. The van der Waals surface area contributed by atoms with Crippen molar-refractivity contribution < 1.29 is 9.18 Å². The highest BCUT2D eigenvalue weighted by Gasteiger charge is 2.18. The van der Waals surface area contributed by atoms with Crippen LogP contribution in [0.3, 0.4) is 0 Å². The Morgan fingerprint density at radius 3 is 2.52 bits per heavy atom. The van der Waals surface area contributed by atoms with Crippen molar-refractivity contribution in [3.05, 3.63) is 95.9 Å². The first-order valence-electron chi connectivity index (χ1n) is 11.0. The van der Waals surface area contributed by atoms with Crippen LogP contribution in [0.2, 0.25) is 0 Å². The van der Waals surface area contributed by atoms with E-state index in [-0.39, 0.29) is 18.3 Å². The van der Waals surface area contributed by atoms with Gasteiger partial charge in [-0.25, -0.2) is 4.39 Å². The van der Waals surface area contributed by atoms with Crippen LogP contribution >= 0.6 is 0 Å². The van der Waals surface area contributed by atoms with Gasteiger partial charge in [0.15, 0.2) is 0 Å². The number of nitrogens with one attached hydrogen (secondary N) is 1. The molecule has 1 amide bonds. The number of aryl methyl sites for hydroxylation is 1. The summed E-state index contributed by atoms with van der Waals surface area (Å²) in [5.74, 6) is -0.440. The molecule has 0 unspecified atom stereocenters. The quantitative estimate of drug-likeness (QED) is 0.393. The number of pyridine rings is 1. The molecule has 0 aliphatic heterocycles. The van der Waals surface area contributed by atoms with Crippen LogP contribution in [0.4, 0.5) is 4.39 Å². The smallest absolute Gasteiger partial charge is 0.242 e. The third-order valence-electron chi connectivity index (χ3n) is 5.79. The Labute approximate surface area is 190 Å². The first-order chi connectivity index (χ1) is 16.1. The number of carbonyl (C=O) groups is 1. The van der Waals surface area contributed by atoms with Crippen LogP contribution in [0.1, 0.15) is 18.1 Å². The standard InChI is InChI=1S/C27H23FN4O/c1-2-18-8-13-24-22(14-18)27-23(16-29-24)26(20-9-11-21(28)12-10-20)31-32(27)17-25(33)30-15-19-6-4-3-5-7-19/h3-14,16H,2,15,17H2,1H3,(H,30,33). The molecule has 1 N–H and O–H groups in total. The Balaban J connectivity index is 1.59. The number of nitrogens with zero attached hydrogens (tertiary/aromatic N) is 3. The number of aromatic nitrogens is 3. The summed E-state index contributed by atoms with van der Waals surface area (Å²) in [5, 5.41) is 9.54. The van der Waals surface area contributed by atoms with Crippen molar-refractivity contribution in [1.29, 1.82) is 0 Å². The zero-order valence-corrected chi connectivity index (χ0v) is 18.3. The van der Waals surface area contributed by atoms with Gasteiger partial charge in [0.2, 0.25) is 5.91 Å². The lowest BCUT2D eigenvalue weighted by molar-refractivity contribution is -0.121. The molecule has 6 heteroatoms. The van der Waals surface area contributed by atoms with E-state index in [2.05, 4.69) is 29.4 Å². The Kier molecular flexibility index (Phi) is 5.57. The number of fused-ring (bicyclic) bond motifs is 3. The Hall–Kier alpha value is -4.06. The molecule has 0 fully saturated rings. The maximum atomic E-state index is 13.5. The second-order valence-electron chi connectivity index (χ2n) is 8.00. The summed E-state index contributed by atoms with van der Waals surface area (Å²) in [4.78, 5) is 17.5. The molecule has 0 saturated carbocycles. The number of carbonyl (C=O) groups excluding carboxylic acids is 1. The lowest BCUT2D eigenvalue weighted by Gasteiger charge is -2.08. The minimum absolute atomic E-state index is 0.0694.